The molecule has 1 atom stereocenters. The maximum Gasteiger partial charge on any atom is 0.336 e. The summed E-state index contributed by atoms with van der Waals surface area (Å²) >= 11 is 6.25. The fraction of sp³-hybridized carbons (Fsp3) is 0.263. The summed E-state index contributed by atoms with van der Waals surface area (Å²) in [6.45, 7) is 5.78. The van der Waals surface area contributed by atoms with E-state index in [-0.39, 0.29) is 11.7 Å². The summed E-state index contributed by atoms with van der Waals surface area (Å²) in [5.74, 6) is -0.314. The Hall–Kier alpha value is -2.33. The monoisotopic (exact) mass is 345 g/mol. The van der Waals surface area contributed by atoms with E-state index in [9.17, 15) is 4.79 Å². The molecule has 0 heterocycles. The molecule has 4 nitrogen and oxygen atoms in total. The topological polar surface area (TPSA) is 58.9 Å². The number of nitrogens with zero attached hydrogens (tertiary/aromatic N) is 1. The molecule has 1 N–H and O–H groups in total. The predicted molar refractivity (Wildman–Crippen MR) is 97.2 cm³/mol. The van der Waals surface area contributed by atoms with E-state index < -0.39 is 5.97 Å². The molecule has 0 saturated heterocycles. The third-order valence-corrected chi connectivity index (χ3v) is 4.04. The number of carbonyl (C=O) groups is 1. The molecule has 0 unspecified atom stereocenters. The second kappa shape index (κ2) is 7.97. The number of carboxylic acids is 1. The minimum atomic E-state index is -0.959. The van der Waals surface area contributed by atoms with Crippen LogP contribution in [0.2, 0.25) is 5.02 Å². The Kier molecular flexibility index (Phi) is 5.99. The summed E-state index contributed by atoms with van der Waals surface area (Å²) in [7, 11) is 0. The van der Waals surface area contributed by atoms with Crippen LogP contribution in [0, 0.1) is 6.92 Å². The molecule has 0 aliphatic carbocycles. The molecular formula is C19H20ClNO3. The van der Waals surface area contributed by atoms with Crippen LogP contribution in [0.1, 0.15) is 41.8 Å². The van der Waals surface area contributed by atoms with Crippen molar-refractivity contribution < 1.29 is 14.6 Å². The van der Waals surface area contributed by atoms with Crippen molar-refractivity contribution in [1.29, 1.82) is 0 Å². The van der Waals surface area contributed by atoms with Crippen LogP contribution in [0.4, 0.5) is 5.69 Å². The Morgan fingerprint density at radius 1 is 1.38 bits per heavy atom. The maximum absolute atomic E-state index is 11.2. The van der Waals surface area contributed by atoms with Gasteiger partial charge in [0.15, 0.2) is 0 Å². The average Bonchev–Trinajstić information content (AvgIpc) is 2.55. The van der Waals surface area contributed by atoms with Crippen molar-refractivity contribution in [2.75, 3.05) is 0 Å². The summed E-state index contributed by atoms with van der Waals surface area (Å²) in [5.41, 5.74) is 2.31. The molecule has 0 amide bonds. The summed E-state index contributed by atoms with van der Waals surface area (Å²) in [5, 5.41) is 9.67. The molecular weight excluding hydrogens is 326 g/mol. The van der Waals surface area contributed by atoms with E-state index in [0.29, 0.717) is 22.0 Å². The second-order valence-electron chi connectivity index (χ2n) is 5.54. The third kappa shape index (κ3) is 4.36. The summed E-state index contributed by atoms with van der Waals surface area (Å²) in [6.07, 6.45) is 2.66. The minimum absolute atomic E-state index is 0.100. The molecule has 0 spiro atoms. The Morgan fingerprint density at radius 3 is 2.75 bits per heavy atom. The van der Waals surface area contributed by atoms with Gasteiger partial charge in [-0.05, 0) is 61.7 Å². The Labute approximate surface area is 146 Å². The van der Waals surface area contributed by atoms with Gasteiger partial charge in [-0.25, -0.2) is 4.79 Å². The van der Waals surface area contributed by atoms with Gasteiger partial charge in [-0.15, -0.1) is 0 Å². The fourth-order valence-electron chi connectivity index (χ4n) is 2.13. The van der Waals surface area contributed by atoms with Crippen LogP contribution in [0.15, 0.2) is 41.4 Å². The molecule has 0 saturated carbocycles. The third-order valence-electron chi connectivity index (χ3n) is 3.75. The van der Waals surface area contributed by atoms with E-state index >= 15 is 0 Å². The van der Waals surface area contributed by atoms with E-state index in [1.54, 1.807) is 37.4 Å². The van der Waals surface area contributed by atoms with Gasteiger partial charge in [0.1, 0.15) is 5.75 Å². The van der Waals surface area contributed by atoms with E-state index in [4.69, 9.17) is 21.4 Å². The number of rotatable bonds is 6. The van der Waals surface area contributed by atoms with Crippen LogP contribution in [-0.2, 0) is 0 Å². The normalized spacial score (nSPS) is 12.3. The van der Waals surface area contributed by atoms with Crippen LogP contribution in [0.25, 0.3) is 0 Å². The predicted octanol–water partition coefficient (Wildman–Crippen LogP) is 5.27. The highest BCUT2D eigenvalue weighted by molar-refractivity contribution is 6.32. The quantitative estimate of drug-likeness (QED) is 0.725. The van der Waals surface area contributed by atoms with E-state index in [0.717, 1.165) is 12.0 Å². The van der Waals surface area contributed by atoms with Crippen molar-refractivity contribution in [3.05, 3.63) is 58.1 Å². The molecule has 0 fully saturated rings. The maximum atomic E-state index is 11.2. The number of benzene rings is 2. The minimum Gasteiger partial charge on any atom is -0.489 e. The summed E-state index contributed by atoms with van der Waals surface area (Å²) < 4.78 is 5.73. The zero-order valence-electron chi connectivity index (χ0n) is 13.9. The lowest BCUT2D eigenvalue weighted by Gasteiger charge is -2.13. The van der Waals surface area contributed by atoms with Crippen molar-refractivity contribution in [3.8, 4) is 5.75 Å². The number of aromatic carboxylic acids is 1. The van der Waals surface area contributed by atoms with Gasteiger partial charge >= 0.3 is 5.97 Å². The van der Waals surface area contributed by atoms with Crippen molar-refractivity contribution in [1.82, 2.24) is 0 Å². The van der Waals surface area contributed by atoms with Crippen LogP contribution < -0.4 is 4.74 Å². The van der Waals surface area contributed by atoms with Crippen molar-refractivity contribution in [2.45, 2.75) is 33.3 Å². The molecule has 0 radical (unpaired) electrons. The smallest absolute Gasteiger partial charge is 0.336 e. The molecule has 2 aromatic rings. The first-order chi connectivity index (χ1) is 11.4. The summed E-state index contributed by atoms with van der Waals surface area (Å²) in [4.78, 5) is 15.5. The largest absolute Gasteiger partial charge is 0.489 e. The van der Waals surface area contributed by atoms with Gasteiger partial charge in [-0.3, -0.25) is 4.99 Å². The Balaban J connectivity index is 2.22. The van der Waals surface area contributed by atoms with Gasteiger partial charge in [0.05, 0.1) is 22.4 Å². The van der Waals surface area contributed by atoms with Gasteiger partial charge in [-0.1, -0.05) is 24.6 Å². The average molecular weight is 346 g/mol. The van der Waals surface area contributed by atoms with Gasteiger partial charge in [-0.2, -0.15) is 0 Å². The summed E-state index contributed by atoms with van der Waals surface area (Å²) in [6, 6.07) is 10.5. The van der Waals surface area contributed by atoms with Crippen molar-refractivity contribution in [3.63, 3.8) is 0 Å². The molecule has 5 heteroatoms. The van der Waals surface area contributed by atoms with Gasteiger partial charge in [0.25, 0.3) is 0 Å². The highest BCUT2D eigenvalue weighted by Crippen LogP contribution is 2.27. The lowest BCUT2D eigenvalue weighted by Crippen LogP contribution is -2.09. The molecule has 0 aliphatic rings. The first kappa shape index (κ1) is 18.0. The molecule has 24 heavy (non-hydrogen) atoms. The number of aliphatic imine (C=N–C) groups is 1. The first-order valence-electron chi connectivity index (χ1n) is 7.75. The second-order valence-corrected chi connectivity index (χ2v) is 5.95. The van der Waals surface area contributed by atoms with Gasteiger partial charge < -0.3 is 9.84 Å². The van der Waals surface area contributed by atoms with Crippen LogP contribution in [0.3, 0.4) is 0 Å². The number of hydrogen-bond donors (Lipinski definition) is 1. The lowest BCUT2D eigenvalue weighted by atomic mass is 10.1. The first-order valence-corrected chi connectivity index (χ1v) is 8.13. The Bertz CT molecular complexity index is 771. The standard InChI is InChI=1S/C19H20ClNO3/c1-4-12(2)24-18-9-8-14(10-16(18)20)11-21-17-7-5-6-15(13(17)3)19(22)23/h5-12H,4H2,1-3H3,(H,22,23)/t12-/m0/s1. The Morgan fingerprint density at radius 2 is 2.12 bits per heavy atom. The number of carboxylic acid groups (broad SMARTS) is 1. The molecule has 126 valence electrons. The molecule has 2 aromatic carbocycles. The SMILES string of the molecule is CC[C@H](C)Oc1ccc(C=Nc2cccc(C(=O)O)c2C)cc1Cl. The highest BCUT2D eigenvalue weighted by atomic mass is 35.5. The number of hydrogen-bond acceptors (Lipinski definition) is 3. The fourth-order valence-corrected chi connectivity index (χ4v) is 2.37. The van der Waals surface area contributed by atoms with Crippen LogP contribution in [-0.4, -0.2) is 23.4 Å². The lowest BCUT2D eigenvalue weighted by molar-refractivity contribution is 0.0696. The zero-order valence-corrected chi connectivity index (χ0v) is 14.7. The number of halogens is 1. The van der Waals surface area contributed by atoms with Crippen molar-refractivity contribution in [2.24, 2.45) is 4.99 Å². The molecule has 2 rings (SSSR count). The van der Waals surface area contributed by atoms with Gasteiger partial charge in [0, 0.05) is 6.21 Å². The van der Waals surface area contributed by atoms with Crippen LogP contribution in [0.5, 0.6) is 5.75 Å². The molecule has 0 bridgehead atoms. The molecule has 0 aliphatic heterocycles. The van der Waals surface area contributed by atoms with Crippen molar-refractivity contribution >= 4 is 29.5 Å². The van der Waals surface area contributed by atoms with Crippen LogP contribution >= 0.6 is 11.6 Å². The van der Waals surface area contributed by atoms with Gasteiger partial charge in [0.2, 0.25) is 0 Å². The number of ether oxygens (including phenoxy) is 1. The van der Waals surface area contributed by atoms with E-state index in [1.807, 2.05) is 26.0 Å². The highest BCUT2D eigenvalue weighted by Gasteiger charge is 2.09. The zero-order chi connectivity index (χ0) is 17.7. The van der Waals surface area contributed by atoms with E-state index in [1.165, 1.54) is 0 Å². The van der Waals surface area contributed by atoms with E-state index in [2.05, 4.69) is 4.99 Å². The molecule has 0 aromatic heterocycles.